The number of nitrogens with one attached hydrogen (secondary N) is 1. The van der Waals surface area contributed by atoms with Crippen molar-refractivity contribution in [2.24, 2.45) is 0 Å². The Morgan fingerprint density at radius 2 is 2.09 bits per heavy atom. The number of hydrogen-bond donors (Lipinski definition) is 1. The summed E-state index contributed by atoms with van der Waals surface area (Å²) < 4.78 is 8.31. The second-order valence-corrected chi connectivity index (χ2v) is 5.66. The minimum absolute atomic E-state index is 0.0869. The van der Waals surface area contributed by atoms with E-state index in [0.717, 1.165) is 0 Å². The van der Waals surface area contributed by atoms with Crippen LogP contribution in [0.25, 0.3) is 0 Å². The Kier molecular flexibility index (Phi) is 5.60. The van der Waals surface area contributed by atoms with Gasteiger partial charge < -0.3 is 0 Å². The van der Waals surface area contributed by atoms with Gasteiger partial charge in [0.05, 0.1) is 0 Å². The Morgan fingerprint density at radius 3 is 2.45 bits per heavy atom. The average Bonchev–Trinajstić information content (AvgIpc) is 1.85. The molecule has 4 heteroatoms. The van der Waals surface area contributed by atoms with E-state index >= 15 is 0 Å². The zero-order valence-corrected chi connectivity index (χ0v) is 11.2. The molecule has 0 aliphatic heterocycles. The summed E-state index contributed by atoms with van der Waals surface area (Å²) in [5.41, 5.74) is -0.0869. The summed E-state index contributed by atoms with van der Waals surface area (Å²) in [6.07, 6.45) is 0.560. The summed E-state index contributed by atoms with van der Waals surface area (Å²) in [7, 11) is 0. The molecule has 0 unspecified atom stereocenters. The van der Waals surface area contributed by atoms with Crippen molar-refractivity contribution in [3.63, 3.8) is 0 Å². The SMILES string of the molecule is CCC(=O)[NH][La][O]C(C)(C)C. The third kappa shape index (κ3) is 8.53. The zero-order chi connectivity index (χ0) is 8.91. The summed E-state index contributed by atoms with van der Waals surface area (Å²) in [6, 6.07) is 0. The number of amides is 1. The van der Waals surface area contributed by atoms with Crippen LogP contribution in [0, 0.1) is 32.8 Å². The molecule has 0 saturated carbocycles. The Morgan fingerprint density at radius 1 is 1.55 bits per heavy atom. The number of carbonyl (C=O) groups excluding carboxylic acids is 1. The first kappa shape index (κ1) is 11.6. The summed E-state index contributed by atoms with van der Waals surface area (Å²) in [4.78, 5) is 10.8. The van der Waals surface area contributed by atoms with Crippen molar-refractivity contribution in [2.75, 3.05) is 0 Å². The van der Waals surface area contributed by atoms with Crippen LogP contribution in [0.5, 0.6) is 0 Å². The molecule has 0 saturated heterocycles. The van der Waals surface area contributed by atoms with Crippen LogP contribution in [0.15, 0.2) is 0 Å². The fourth-order valence-electron chi connectivity index (χ4n) is 0.374. The van der Waals surface area contributed by atoms with Gasteiger partial charge in [-0.15, -0.1) is 0 Å². The van der Waals surface area contributed by atoms with Gasteiger partial charge >= 0.3 is 87.0 Å². The summed E-state index contributed by atoms with van der Waals surface area (Å²) >= 11 is -1.43. The van der Waals surface area contributed by atoms with Crippen LogP contribution >= 0.6 is 0 Å². The molecule has 0 heterocycles. The van der Waals surface area contributed by atoms with Gasteiger partial charge in [0.2, 0.25) is 0 Å². The fourth-order valence-corrected chi connectivity index (χ4v) is 2.72. The van der Waals surface area contributed by atoms with Crippen LogP contribution in [0.3, 0.4) is 0 Å². The van der Waals surface area contributed by atoms with Crippen LogP contribution < -0.4 is 2.08 Å². The van der Waals surface area contributed by atoms with E-state index in [0.29, 0.717) is 6.42 Å². The van der Waals surface area contributed by atoms with Gasteiger partial charge in [-0.25, -0.2) is 0 Å². The van der Waals surface area contributed by atoms with Gasteiger partial charge in [-0.05, 0) is 0 Å². The van der Waals surface area contributed by atoms with E-state index in [2.05, 4.69) is 2.08 Å². The van der Waals surface area contributed by atoms with Crippen molar-refractivity contribution >= 4 is 5.91 Å². The number of hydrogen-bond acceptors (Lipinski definition) is 2. The Labute approximate surface area is 86.4 Å². The molecular weight excluding hydrogens is 269 g/mol. The van der Waals surface area contributed by atoms with Crippen LogP contribution in [-0.4, -0.2) is 11.5 Å². The molecule has 0 rings (SSSR count). The molecule has 11 heavy (non-hydrogen) atoms. The zero-order valence-electron chi connectivity index (χ0n) is 7.60. The molecule has 0 aliphatic carbocycles. The molecule has 1 N–H and O–H groups in total. The molecule has 0 aromatic rings. The van der Waals surface area contributed by atoms with E-state index in [1.807, 2.05) is 27.7 Å². The standard InChI is InChI=1S/C4H9O.C3H7NO.La/c1-4(2,3)5;1-2-3(4)5;/h1-3H3;2H2,1H3,(H2,4,5);/q-1;;+2/p-1. The van der Waals surface area contributed by atoms with Gasteiger partial charge in [-0.3, -0.25) is 0 Å². The molecule has 63 valence electrons. The van der Waals surface area contributed by atoms with E-state index in [-0.39, 0.29) is 11.5 Å². The van der Waals surface area contributed by atoms with Crippen molar-refractivity contribution in [3.8, 4) is 0 Å². The van der Waals surface area contributed by atoms with E-state index in [9.17, 15) is 4.79 Å². The van der Waals surface area contributed by atoms with Crippen molar-refractivity contribution in [1.29, 1.82) is 0 Å². The van der Waals surface area contributed by atoms with E-state index in [1.165, 1.54) is 0 Å². The Hall–Kier alpha value is 0.625. The minimum atomic E-state index is -1.43. The molecule has 0 aromatic heterocycles. The predicted octanol–water partition coefficient (Wildman–Crippen LogP) is 1.24. The molecule has 0 radical (unpaired) electrons. The first-order valence-electron chi connectivity index (χ1n) is 3.74. The second kappa shape index (κ2) is 5.30. The summed E-state index contributed by atoms with van der Waals surface area (Å²) in [6.45, 7) is 7.85. The predicted molar refractivity (Wildman–Crippen MR) is 39.3 cm³/mol. The van der Waals surface area contributed by atoms with Crippen LogP contribution in [0.4, 0.5) is 0 Å². The van der Waals surface area contributed by atoms with Crippen molar-refractivity contribution in [3.05, 3.63) is 0 Å². The molecule has 0 atom stereocenters. The number of rotatable bonds is 3. The number of carbonyl (C=O) groups is 1. The fraction of sp³-hybridized carbons (Fsp3) is 0.857. The maximum atomic E-state index is 10.8. The monoisotopic (exact) mass is 284 g/mol. The third-order valence-corrected chi connectivity index (χ3v) is 4.92. The van der Waals surface area contributed by atoms with Crippen LogP contribution in [-0.2, 0) is 6.50 Å². The third-order valence-electron chi connectivity index (χ3n) is 0.954. The maximum absolute atomic E-state index is 10.8. The van der Waals surface area contributed by atoms with E-state index < -0.39 is 32.8 Å². The van der Waals surface area contributed by atoms with Crippen molar-refractivity contribution < 1.29 is 39.3 Å². The molecule has 0 aliphatic rings. The topological polar surface area (TPSA) is 38.3 Å². The van der Waals surface area contributed by atoms with Gasteiger partial charge in [0.25, 0.3) is 0 Å². The molecule has 0 spiro atoms. The van der Waals surface area contributed by atoms with Gasteiger partial charge in [-0.1, -0.05) is 0 Å². The van der Waals surface area contributed by atoms with Gasteiger partial charge in [0.15, 0.2) is 0 Å². The van der Waals surface area contributed by atoms with Crippen molar-refractivity contribution in [1.82, 2.24) is 2.08 Å². The first-order valence-corrected chi connectivity index (χ1v) is 7.04. The Bertz CT molecular complexity index is 131. The van der Waals surface area contributed by atoms with Crippen LogP contribution in [0.2, 0.25) is 0 Å². The average molecular weight is 284 g/mol. The molecule has 0 aromatic carbocycles. The van der Waals surface area contributed by atoms with E-state index in [4.69, 9.17) is 1.70 Å². The molecule has 0 bridgehead atoms. The molecular formula is C7H15LaNO2. The molecule has 1 amide bonds. The van der Waals surface area contributed by atoms with Crippen LogP contribution in [0.1, 0.15) is 34.1 Å². The van der Waals surface area contributed by atoms with Gasteiger partial charge in [0, 0.05) is 0 Å². The van der Waals surface area contributed by atoms with Crippen molar-refractivity contribution in [2.45, 2.75) is 39.7 Å². The second-order valence-electron chi connectivity index (χ2n) is 3.27. The summed E-state index contributed by atoms with van der Waals surface area (Å²) in [5, 5.41) is 0. The molecule has 3 nitrogen and oxygen atoms in total. The molecule has 0 fully saturated rings. The van der Waals surface area contributed by atoms with Gasteiger partial charge in [0.1, 0.15) is 0 Å². The van der Waals surface area contributed by atoms with E-state index in [1.54, 1.807) is 0 Å². The van der Waals surface area contributed by atoms with Gasteiger partial charge in [-0.2, -0.15) is 0 Å². The first-order chi connectivity index (χ1) is 4.95. The normalized spacial score (nSPS) is 10.5. The summed E-state index contributed by atoms with van der Waals surface area (Å²) in [5.74, 6) is 0.115. The quantitative estimate of drug-likeness (QED) is 0.847. The Balaban J connectivity index is 3.35.